The summed E-state index contributed by atoms with van der Waals surface area (Å²) < 4.78 is 49.5. The second-order valence-electron chi connectivity index (χ2n) is 11.7. The monoisotopic (exact) mass is 575 g/mol. The molecular formula is C44H26O. The first-order valence-electron chi connectivity index (χ1n) is 17.6. The molecule has 1 heterocycles. The summed E-state index contributed by atoms with van der Waals surface area (Å²) in [5, 5.41) is 10.3. The van der Waals surface area contributed by atoms with Gasteiger partial charge in [0.05, 0.1) is 6.85 Å². The van der Waals surface area contributed by atoms with Crippen LogP contribution in [0, 0.1) is 0 Å². The fourth-order valence-corrected chi connectivity index (χ4v) is 7.35. The van der Waals surface area contributed by atoms with E-state index in [0.717, 1.165) is 76.8 Å². The molecule has 45 heavy (non-hydrogen) atoms. The zero-order valence-electron chi connectivity index (χ0n) is 29.0. The molecule has 1 heteroatoms. The van der Waals surface area contributed by atoms with Gasteiger partial charge >= 0.3 is 0 Å². The minimum Gasteiger partial charge on any atom is -0.456 e. The van der Waals surface area contributed by atoms with Crippen molar-refractivity contribution in [1.29, 1.82) is 0 Å². The fourth-order valence-electron chi connectivity index (χ4n) is 7.35. The van der Waals surface area contributed by atoms with E-state index in [2.05, 4.69) is 91.0 Å². The largest absolute Gasteiger partial charge is 0.456 e. The molecule has 0 unspecified atom stereocenters. The predicted molar refractivity (Wildman–Crippen MR) is 190 cm³/mol. The highest BCUT2D eigenvalue weighted by molar-refractivity contribution is 6.23. The molecule has 9 aromatic rings. The Balaban J connectivity index is 1.28. The van der Waals surface area contributed by atoms with Crippen molar-refractivity contribution in [1.82, 2.24) is 0 Å². The second kappa shape index (κ2) is 9.29. The van der Waals surface area contributed by atoms with Gasteiger partial charge in [0.25, 0.3) is 0 Å². The van der Waals surface area contributed by atoms with Gasteiger partial charge in [0.1, 0.15) is 11.5 Å². The van der Waals surface area contributed by atoms with E-state index in [0.29, 0.717) is 5.56 Å². The average molecular weight is 576 g/mol. The highest BCUT2D eigenvalue weighted by atomic mass is 16.5. The van der Waals surface area contributed by atoms with E-state index in [9.17, 15) is 0 Å². The molecule has 9 aromatic carbocycles. The van der Waals surface area contributed by atoms with Gasteiger partial charge in [-0.2, -0.15) is 0 Å². The molecule has 0 N–H and O–H groups in total. The molecular weight excluding hydrogens is 544 g/mol. The van der Waals surface area contributed by atoms with Crippen molar-refractivity contribution in [2.45, 2.75) is 0 Å². The molecule has 1 aliphatic rings. The smallest absolute Gasteiger partial charge is 0.135 e. The Kier molecular flexibility index (Phi) is 4.15. The highest BCUT2D eigenvalue weighted by Crippen LogP contribution is 2.50. The van der Waals surface area contributed by atoms with Gasteiger partial charge in [-0.15, -0.1) is 0 Å². The predicted octanol–water partition coefficient (Wildman–Crippen LogP) is 12.6. The van der Waals surface area contributed by atoms with Crippen molar-refractivity contribution in [2.24, 2.45) is 0 Å². The van der Waals surface area contributed by atoms with Crippen LogP contribution < -0.4 is 4.74 Å². The lowest BCUT2D eigenvalue weighted by atomic mass is 9.86. The second-order valence-corrected chi connectivity index (χ2v) is 11.7. The minimum atomic E-state index is -0.399. The lowest BCUT2D eigenvalue weighted by Crippen LogP contribution is -1.98. The van der Waals surface area contributed by atoms with E-state index < -0.39 is 6.04 Å². The van der Waals surface area contributed by atoms with Gasteiger partial charge in [-0.3, -0.25) is 0 Å². The van der Waals surface area contributed by atoms with E-state index in [1.54, 1.807) is 0 Å². The van der Waals surface area contributed by atoms with Crippen molar-refractivity contribution in [2.75, 3.05) is 0 Å². The lowest BCUT2D eigenvalue weighted by molar-refractivity contribution is 0.487. The van der Waals surface area contributed by atoms with Crippen LogP contribution in [0.4, 0.5) is 0 Å². The van der Waals surface area contributed by atoms with Crippen LogP contribution in [0.3, 0.4) is 0 Å². The van der Waals surface area contributed by atoms with Gasteiger partial charge in [-0.25, -0.2) is 0 Å². The summed E-state index contributed by atoms with van der Waals surface area (Å²) in [6.45, 7) is 0. The SMILES string of the molecule is [2H]c1c([2H])c([2H])c(-c2c3ccccc3cc3c2ccc2cccc(-c4ccc5c(c4)-c4cc6ccccc6c6cccc(c46)O5)c23)c([2H])c1[2H]. The molecule has 0 bridgehead atoms. The van der Waals surface area contributed by atoms with E-state index in [1.807, 2.05) is 36.4 Å². The Hall–Kier alpha value is -5.92. The Morgan fingerprint density at radius 3 is 2.04 bits per heavy atom. The standard InChI is InChI=1S/C44H26O/c1-2-10-27(11-3-1)42-33-16-7-5-13-30(33)26-38-36(42)22-20-28-14-8-17-34(43(28)38)31-21-23-40-37(24-31)39-25-29-12-4-6-15-32(29)35-18-9-19-41(45-40)44(35)39/h1-26H/i1D,2D,3D,10D,11D. The quantitative estimate of drug-likeness (QED) is 0.147. The molecule has 1 nitrogen and oxygen atoms in total. The molecule has 208 valence electrons. The van der Waals surface area contributed by atoms with Gasteiger partial charge in [-0.05, 0) is 107 Å². The Bertz CT molecular complexity index is 2940. The summed E-state index contributed by atoms with van der Waals surface area (Å²) in [4.78, 5) is 0. The normalized spacial score (nSPS) is 13.7. The Labute approximate surface area is 267 Å². The van der Waals surface area contributed by atoms with Crippen LogP contribution in [0.1, 0.15) is 6.85 Å². The molecule has 0 amide bonds. The zero-order chi connectivity index (χ0) is 33.8. The molecule has 0 fully saturated rings. The molecule has 0 aliphatic carbocycles. The van der Waals surface area contributed by atoms with Crippen molar-refractivity contribution in [3.8, 4) is 44.9 Å². The molecule has 0 saturated carbocycles. The Morgan fingerprint density at radius 1 is 0.400 bits per heavy atom. The van der Waals surface area contributed by atoms with E-state index in [4.69, 9.17) is 11.6 Å². The van der Waals surface area contributed by atoms with Crippen LogP contribution in [0.5, 0.6) is 11.5 Å². The van der Waals surface area contributed by atoms with Crippen molar-refractivity contribution < 1.29 is 11.6 Å². The molecule has 0 atom stereocenters. The summed E-state index contributed by atoms with van der Waals surface area (Å²) >= 11 is 0. The maximum absolute atomic E-state index is 8.92. The van der Waals surface area contributed by atoms with E-state index in [1.165, 1.54) is 10.8 Å². The van der Waals surface area contributed by atoms with E-state index in [-0.39, 0.29) is 29.7 Å². The van der Waals surface area contributed by atoms with E-state index >= 15 is 0 Å². The summed E-state index contributed by atoms with van der Waals surface area (Å²) in [7, 11) is 0. The van der Waals surface area contributed by atoms with Crippen LogP contribution >= 0.6 is 0 Å². The molecule has 0 spiro atoms. The lowest BCUT2D eigenvalue weighted by Gasteiger charge is -2.23. The van der Waals surface area contributed by atoms with Crippen LogP contribution in [0.2, 0.25) is 0 Å². The van der Waals surface area contributed by atoms with Gasteiger partial charge in [0.2, 0.25) is 0 Å². The zero-order valence-corrected chi connectivity index (χ0v) is 24.0. The highest BCUT2D eigenvalue weighted by Gasteiger charge is 2.23. The Morgan fingerprint density at radius 2 is 1.16 bits per heavy atom. The first-order valence-corrected chi connectivity index (χ1v) is 15.1. The third-order valence-electron chi connectivity index (χ3n) is 9.28. The van der Waals surface area contributed by atoms with Crippen molar-refractivity contribution >= 4 is 53.9 Å². The van der Waals surface area contributed by atoms with Gasteiger partial charge < -0.3 is 4.74 Å². The minimum absolute atomic E-state index is 0.208. The number of hydrogen-bond acceptors (Lipinski definition) is 1. The van der Waals surface area contributed by atoms with Gasteiger partial charge in [0, 0.05) is 10.9 Å². The summed E-state index contributed by atoms with van der Waals surface area (Å²) in [5.41, 5.74) is 5.08. The summed E-state index contributed by atoms with van der Waals surface area (Å²) in [6.07, 6.45) is 0. The third kappa shape index (κ3) is 3.56. The number of benzene rings is 9. The molecule has 0 radical (unpaired) electrons. The average Bonchev–Trinajstić information content (AvgIpc) is 3.15. The third-order valence-corrected chi connectivity index (χ3v) is 9.28. The van der Waals surface area contributed by atoms with Gasteiger partial charge in [0.15, 0.2) is 0 Å². The molecule has 1 aliphatic heterocycles. The summed E-state index contributed by atoms with van der Waals surface area (Å²) in [6, 6.07) is 42.3. The van der Waals surface area contributed by atoms with Crippen molar-refractivity contribution in [3.05, 3.63) is 158 Å². The molecule has 10 rings (SSSR count). The van der Waals surface area contributed by atoms with Crippen molar-refractivity contribution in [3.63, 3.8) is 0 Å². The van der Waals surface area contributed by atoms with Crippen LogP contribution in [0.15, 0.2) is 158 Å². The number of rotatable bonds is 2. The summed E-state index contributed by atoms with van der Waals surface area (Å²) in [5.74, 6) is 1.66. The fraction of sp³-hybridized carbons (Fsp3) is 0. The number of ether oxygens (including phenoxy) is 1. The van der Waals surface area contributed by atoms with Crippen LogP contribution in [-0.2, 0) is 0 Å². The first kappa shape index (κ1) is 20.1. The number of fused-ring (bicyclic) bond motifs is 8. The van der Waals surface area contributed by atoms with Crippen LogP contribution in [-0.4, -0.2) is 0 Å². The topological polar surface area (TPSA) is 9.23 Å². The molecule has 0 aromatic heterocycles. The van der Waals surface area contributed by atoms with Crippen LogP contribution in [0.25, 0.3) is 87.2 Å². The van der Waals surface area contributed by atoms with Gasteiger partial charge in [-0.1, -0.05) is 127 Å². The maximum atomic E-state index is 8.92. The number of hydrogen-bond donors (Lipinski definition) is 0. The first-order chi connectivity index (χ1) is 24.4. The molecule has 0 saturated heterocycles. The maximum Gasteiger partial charge on any atom is 0.135 e.